The lowest BCUT2D eigenvalue weighted by atomic mass is 10.3. The normalized spacial score (nSPS) is 14.2. The summed E-state index contributed by atoms with van der Waals surface area (Å²) in [5.74, 6) is -0.109. The maximum Gasteiger partial charge on any atom is 0.240 e. The van der Waals surface area contributed by atoms with Crippen LogP contribution in [-0.4, -0.2) is 36.1 Å². The second-order valence-electron chi connectivity index (χ2n) is 6.19. The van der Waals surface area contributed by atoms with E-state index in [1.165, 1.54) is 23.9 Å². The van der Waals surface area contributed by atoms with Crippen molar-refractivity contribution in [2.75, 3.05) is 11.1 Å². The molecule has 1 aromatic heterocycles. The SMILES string of the molecule is Cc1cc(C)nc(SCC(=O)Nc2cccc(S(=O)(=O)NC3CC3)c2)n1. The van der Waals surface area contributed by atoms with Crippen molar-refractivity contribution in [3.63, 3.8) is 0 Å². The number of nitrogens with zero attached hydrogens (tertiary/aromatic N) is 2. The average Bonchev–Trinajstić information content (AvgIpc) is 3.36. The van der Waals surface area contributed by atoms with Crippen molar-refractivity contribution in [1.82, 2.24) is 14.7 Å². The number of amides is 1. The van der Waals surface area contributed by atoms with Gasteiger partial charge in [0.05, 0.1) is 10.6 Å². The summed E-state index contributed by atoms with van der Waals surface area (Å²) in [6, 6.07) is 8.14. The van der Waals surface area contributed by atoms with Crippen LogP contribution in [0.4, 0.5) is 5.69 Å². The van der Waals surface area contributed by atoms with Gasteiger partial charge in [-0.2, -0.15) is 0 Å². The smallest absolute Gasteiger partial charge is 0.240 e. The highest BCUT2D eigenvalue weighted by Crippen LogP contribution is 2.23. The van der Waals surface area contributed by atoms with Crippen molar-refractivity contribution in [2.45, 2.75) is 42.8 Å². The van der Waals surface area contributed by atoms with Crippen molar-refractivity contribution in [3.05, 3.63) is 41.7 Å². The van der Waals surface area contributed by atoms with E-state index in [2.05, 4.69) is 20.0 Å². The van der Waals surface area contributed by atoms with Crippen molar-refractivity contribution < 1.29 is 13.2 Å². The highest BCUT2D eigenvalue weighted by molar-refractivity contribution is 7.99. The zero-order valence-corrected chi connectivity index (χ0v) is 16.2. The van der Waals surface area contributed by atoms with E-state index in [1.54, 1.807) is 12.1 Å². The molecule has 1 aliphatic rings. The third kappa shape index (κ3) is 5.26. The van der Waals surface area contributed by atoms with Gasteiger partial charge in [-0.05, 0) is 51.0 Å². The van der Waals surface area contributed by atoms with E-state index in [-0.39, 0.29) is 22.6 Å². The van der Waals surface area contributed by atoms with E-state index < -0.39 is 10.0 Å². The number of hydrogen-bond acceptors (Lipinski definition) is 6. The zero-order valence-electron chi connectivity index (χ0n) is 14.5. The molecule has 1 fully saturated rings. The number of aromatic nitrogens is 2. The van der Waals surface area contributed by atoms with E-state index in [1.807, 2.05) is 19.9 Å². The molecule has 2 aromatic rings. The quantitative estimate of drug-likeness (QED) is 0.554. The molecule has 3 rings (SSSR count). The predicted octanol–water partition coefficient (Wildman–Crippen LogP) is 2.26. The Balaban J connectivity index is 1.61. The summed E-state index contributed by atoms with van der Waals surface area (Å²) >= 11 is 1.24. The molecule has 0 bridgehead atoms. The maximum atomic E-state index is 12.3. The minimum atomic E-state index is -3.55. The van der Waals surface area contributed by atoms with E-state index >= 15 is 0 Å². The van der Waals surface area contributed by atoms with Crippen LogP contribution in [0.1, 0.15) is 24.2 Å². The van der Waals surface area contributed by atoms with Crippen LogP contribution in [-0.2, 0) is 14.8 Å². The molecule has 1 amide bonds. The molecule has 0 atom stereocenters. The summed E-state index contributed by atoms with van der Waals surface area (Å²) in [6.07, 6.45) is 1.74. The first-order chi connectivity index (χ1) is 12.3. The van der Waals surface area contributed by atoms with E-state index in [4.69, 9.17) is 0 Å². The Hall–Kier alpha value is -1.97. The minimum Gasteiger partial charge on any atom is -0.325 e. The molecular weight excluding hydrogens is 372 g/mol. The average molecular weight is 393 g/mol. The molecule has 26 heavy (non-hydrogen) atoms. The largest absolute Gasteiger partial charge is 0.325 e. The molecule has 7 nitrogen and oxygen atoms in total. The number of sulfonamides is 1. The van der Waals surface area contributed by atoms with Crippen LogP contribution < -0.4 is 10.0 Å². The van der Waals surface area contributed by atoms with Crippen LogP contribution in [0.2, 0.25) is 0 Å². The lowest BCUT2D eigenvalue weighted by Gasteiger charge is -2.09. The fraction of sp³-hybridized carbons (Fsp3) is 0.353. The molecule has 0 radical (unpaired) electrons. The molecule has 138 valence electrons. The summed E-state index contributed by atoms with van der Waals surface area (Å²) in [5.41, 5.74) is 2.14. The van der Waals surface area contributed by atoms with Crippen LogP contribution in [0.25, 0.3) is 0 Å². The fourth-order valence-electron chi connectivity index (χ4n) is 2.31. The van der Waals surface area contributed by atoms with Gasteiger partial charge in [0.25, 0.3) is 0 Å². The van der Waals surface area contributed by atoms with Crippen LogP contribution in [0.15, 0.2) is 40.4 Å². The van der Waals surface area contributed by atoms with Gasteiger partial charge in [0, 0.05) is 23.1 Å². The van der Waals surface area contributed by atoms with Gasteiger partial charge in [-0.15, -0.1) is 0 Å². The number of hydrogen-bond donors (Lipinski definition) is 2. The summed E-state index contributed by atoms with van der Waals surface area (Å²) in [7, 11) is -3.55. The highest BCUT2D eigenvalue weighted by atomic mass is 32.2. The first-order valence-electron chi connectivity index (χ1n) is 8.19. The first kappa shape index (κ1) is 18.8. The summed E-state index contributed by atoms with van der Waals surface area (Å²) in [6.45, 7) is 3.75. The number of carbonyl (C=O) groups excluding carboxylic acids is 1. The van der Waals surface area contributed by atoms with Crippen molar-refractivity contribution in [1.29, 1.82) is 0 Å². The monoisotopic (exact) mass is 392 g/mol. The lowest BCUT2D eigenvalue weighted by Crippen LogP contribution is -2.25. The molecule has 0 saturated heterocycles. The summed E-state index contributed by atoms with van der Waals surface area (Å²) < 4.78 is 27.1. The molecular formula is C17H20N4O3S2. The molecule has 1 aromatic carbocycles. The van der Waals surface area contributed by atoms with E-state index in [0.29, 0.717) is 10.8 Å². The maximum absolute atomic E-state index is 12.3. The fourth-order valence-corrected chi connectivity index (χ4v) is 4.41. The molecule has 1 aliphatic carbocycles. The highest BCUT2D eigenvalue weighted by Gasteiger charge is 2.28. The number of thioether (sulfide) groups is 1. The van der Waals surface area contributed by atoms with Gasteiger partial charge < -0.3 is 5.32 Å². The minimum absolute atomic E-state index is 0.0347. The van der Waals surface area contributed by atoms with Gasteiger partial charge in [0.1, 0.15) is 0 Å². The second kappa shape index (κ2) is 7.73. The van der Waals surface area contributed by atoms with Gasteiger partial charge >= 0.3 is 0 Å². The molecule has 9 heteroatoms. The lowest BCUT2D eigenvalue weighted by molar-refractivity contribution is -0.113. The Kier molecular flexibility index (Phi) is 5.59. The van der Waals surface area contributed by atoms with Crippen LogP contribution in [0, 0.1) is 13.8 Å². The number of rotatable bonds is 7. The number of anilines is 1. The van der Waals surface area contributed by atoms with Gasteiger partial charge in [-0.1, -0.05) is 17.8 Å². The Bertz CT molecular complexity index is 907. The second-order valence-corrected chi connectivity index (χ2v) is 8.85. The third-order valence-electron chi connectivity index (χ3n) is 3.62. The number of aryl methyl sites for hydroxylation is 2. The molecule has 0 spiro atoms. The van der Waals surface area contributed by atoms with Crippen molar-refractivity contribution in [3.8, 4) is 0 Å². The van der Waals surface area contributed by atoms with Crippen LogP contribution >= 0.6 is 11.8 Å². The summed E-state index contributed by atoms with van der Waals surface area (Å²) in [4.78, 5) is 20.9. The number of carbonyl (C=O) groups is 1. The van der Waals surface area contributed by atoms with Crippen molar-refractivity contribution in [2.24, 2.45) is 0 Å². The van der Waals surface area contributed by atoms with Crippen LogP contribution in [0.3, 0.4) is 0 Å². The van der Waals surface area contributed by atoms with Gasteiger partial charge in [-0.3, -0.25) is 4.79 Å². The Morgan fingerprint density at radius 2 is 1.88 bits per heavy atom. The molecule has 0 unspecified atom stereocenters. The third-order valence-corrected chi connectivity index (χ3v) is 5.99. The Labute approximate surface area is 157 Å². The zero-order chi connectivity index (χ0) is 18.7. The first-order valence-corrected chi connectivity index (χ1v) is 10.7. The molecule has 1 heterocycles. The van der Waals surface area contributed by atoms with Crippen molar-refractivity contribution >= 4 is 33.4 Å². The Morgan fingerprint density at radius 3 is 2.54 bits per heavy atom. The summed E-state index contributed by atoms with van der Waals surface area (Å²) in [5, 5.41) is 3.26. The predicted molar refractivity (Wildman–Crippen MR) is 101 cm³/mol. The molecule has 0 aliphatic heterocycles. The molecule has 1 saturated carbocycles. The van der Waals surface area contributed by atoms with Gasteiger partial charge in [-0.25, -0.2) is 23.1 Å². The number of benzene rings is 1. The standard InChI is InChI=1S/C17H20N4O3S2/c1-11-8-12(2)19-17(18-11)25-10-16(22)20-14-4-3-5-15(9-14)26(23,24)21-13-6-7-13/h3-5,8-9,13,21H,6-7,10H2,1-2H3,(H,20,22). The van der Waals surface area contributed by atoms with Gasteiger partial charge in [0.15, 0.2) is 5.16 Å². The molecule has 2 N–H and O–H groups in total. The van der Waals surface area contributed by atoms with Crippen LogP contribution in [0.5, 0.6) is 0 Å². The van der Waals surface area contributed by atoms with E-state index in [0.717, 1.165) is 24.2 Å². The van der Waals surface area contributed by atoms with E-state index in [9.17, 15) is 13.2 Å². The van der Waals surface area contributed by atoms with Gasteiger partial charge in [0.2, 0.25) is 15.9 Å². The topological polar surface area (TPSA) is 101 Å². The number of nitrogens with one attached hydrogen (secondary N) is 2. The Morgan fingerprint density at radius 1 is 1.19 bits per heavy atom.